The molecule has 0 spiro atoms. The molecule has 1 saturated heterocycles. The molecule has 1 aromatic carbocycles. The van der Waals surface area contributed by atoms with Crippen LogP contribution in [0.2, 0.25) is 5.02 Å². The first-order chi connectivity index (χ1) is 10.3. The van der Waals surface area contributed by atoms with Crippen LogP contribution in [-0.2, 0) is 11.3 Å². The van der Waals surface area contributed by atoms with Crippen LogP contribution in [0, 0.1) is 0 Å². The summed E-state index contributed by atoms with van der Waals surface area (Å²) in [7, 11) is 0. The van der Waals surface area contributed by atoms with E-state index in [0.29, 0.717) is 0 Å². The number of H-pyrrole nitrogens is 1. The molecule has 2 aromatic rings. The Labute approximate surface area is 130 Å². The molecule has 0 saturated carbocycles. The first-order valence-electron chi connectivity index (χ1n) is 7.60. The maximum atomic E-state index is 6.40. The maximum Gasteiger partial charge on any atom is 0.0705 e. The van der Waals surface area contributed by atoms with Gasteiger partial charge in [0, 0.05) is 36.2 Å². The van der Waals surface area contributed by atoms with Crippen molar-refractivity contribution in [2.45, 2.75) is 13.0 Å². The highest BCUT2D eigenvalue weighted by molar-refractivity contribution is 6.36. The van der Waals surface area contributed by atoms with Crippen LogP contribution in [0.5, 0.6) is 0 Å². The van der Waals surface area contributed by atoms with E-state index >= 15 is 0 Å². The molecule has 1 aromatic heterocycles. The highest BCUT2D eigenvalue weighted by atomic mass is 35.5. The van der Waals surface area contributed by atoms with Crippen LogP contribution in [0.1, 0.15) is 12.1 Å². The summed E-state index contributed by atoms with van der Waals surface area (Å²) in [6.07, 6.45) is 1.15. The number of hydrogen-bond acceptors (Lipinski definition) is 3. The van der Waals surface area contributed by atoms with Gasteiger partial charge in [0.1, 0.15) is 0 Å². The predicted molar refractivity (Wildman–Crippen MR) is 86.9 cm³/mol. The van der Waals surface area contributed by atoms with E-state index in [4.69, 9.17) is 16.3 Å². The number of nitrogens with one attached hydrogen (secondary N) is 2. The first kappa shape index (κ1) is 14.9. The van der Waals surface area contributed by atoms with Crippen molar-refractivity contribution in [2.24, 2.45) is 0 Å². The zero-order valence-corrected chi connectivity index (χ0v) is 13.0. The van der Waals surface area contributed by atoms with Crippen LogP contribution < -0.4 is 5.32 Å². The van der Waals surface area contributed by atoms with E-state index in [1.165, 1.54) is 0 Å². The van der Waals surface area contributed by atoms with Crippen LogP contribution >= 0.6 is 11.6 Å². The van der Waals surface area contributed by atoms with E-state index in [2.05, 4.69) is 27.3 Å². The van der Waals surface area contributed by atoms with Crippen molar-refractivity contribution in [1.29, 1.82) is 0 Å². The van der Waals surface area contributed by atoms with Crippen molar-refractivity contribution in [1.82, 2.24) is 15.2 Å². The second kappa shape index (κ2) is 7.27. The molecular weight excluding hydrogens is 286 g/mol. The molecule has 4 nitrogen and oxygen atoms in total. The molecule has 0 amide bonds. The molecule has 5 heteroatoms. The Hall–Kier alpha value is -1.07. The van der Waals surface area contributed by atoms with Crippen LogP contribution in [0.25, 0.3) is 10.9 Å². The topological polar surface area (TPSA) is 40.3 Å². The number of hydrogen-bond donors (Lipinski definition) is 2. The second-order valence-corrected chi connectivity index (χ2v) is 5.83. The Morgan fingerprint density at radius 3 is 2.86 bits per heavy atom. The first-order valence-corrected chi connectivity index (χ1v) is 7.98. The number of ether oxygens (including phenoxy) is 1. The third kappa shape index (κ3) is 3.77. The van der Waals surface area contributed by atoms with E-state index < -0.39 is 0 Å². The van der Waals surface area contributed by atoms with Gasteiger partial charge in [-0.05, 0) is 25.6 Å². The van der Waals surface area contributed by atoms with Crippen LogP contribution in [0.15, 0.2) is 24.3 Å². The molecule has 0 atom stereocenters. The summed E-state index contributed by atoms with van der Waals surface area (Å²) in [5.74, 6) is 0. The molecule has 0 aliphatic carbocycles. The molecule has 3 rings (SSSR count). The second-order valence-electron chi connectivity index (χ2n) is 5.45. The lowest BCUT2D eigenvalue weighted by atomic mass is 10.2. The number of nitrogens with zero attached hydrogens (tertiary/aromatic N) is 1. The summed E-state index contributed by atoms with van der Waals surface area (Å²) in [4.78, 5) is 5.84. The maximum absolute atomic E-state index is 6.40. The Morgan fingerprint density at radius 1 is 1.24 bits per heavy atom. The molecule has 1 aliphatic heterocycles. The number of aromatic nitrogens is 1. The lowest BCUT2D eigenvalue weighted by molar-refractivity contribution is 0.0374. The third-order valence-electron chi connectivity index (χ3n) is 3.95. The molecule has 21 heavy (non-hydrogen) atoms. The van der Waals surface area contributed by atoms with Crippen molar-refractivity contribution >= 4 is 22.5 Å². The molecule has 1 fully saturated rings. The van der Waals surface area contributed by atoms with Crippen LogP contribution in [0.3, 0.4) is 0 Å². The number of rotatable bonds is 6. The Bertz CT molecular complexity index is 578. The van der Waals surface area contributed by atoms with Crippen LogP contribution in [-0.4, -0.2) is 49.3 Å². The summed E-state index contributed by atoms with van der Waals surface area (Å²) >= 11 is 6.40. The van der Waals surface area contributed by atoms with E-state index in [-0.39, 0.29) is 0 Å². The monoisotopic (exact) mass is 307 g/mol. The number of para-hydroxylation sites is 1. The van der Waals surface area contributed by atoms with Gasteiger partial charge in [-0.2, -0.15) is 0 Å². The van der Waals surface area contributed by atoms with E-state index in [1.807, 2.05) is 12.1 Å². The standard InChI is InChI=1S/C16H22ClN3O/c17-16-13-4-1-2-5-14(13)19-15(16)12-18-6-3-7-20-8-10-21-11-9-20/h1-2,4-5,18-19H,3,6-12H2. The van der Waals surface area contributed by atoms with Gasteiger partial charge in [-0.1, -0.05) is 29.8 Å². The predicted octanol–water partition coefficient (Wildman–Crippen LogP) is 2.63. The Balaban J connectivity index is 1.43. The zero-order chi connectivity index (χ0) is 14.5. The lowest BCUT2D eigenvalue weighted by Crippen LogP contribution is -2.37. The molecule has 1 aliphatic rings. The molecule has 0 radical (unpaired) electrons. The Kier molecular flexibility index (Phi) is 5.14. The highest BCUT2D eigenvalue weighted by Crippen LogP contribution is 2.26. The molecule has 2 heterocycles. The fourth-order valence-electron chi connectivity index (χ4n) is 2.75. The number of morpholine rings is 1. The number of aromatic amines is 1. The van der Waals surface area contributed by atoms with Gasteiger partial charge in [0.25, 0.3) is 0 Å². The average Bonchev–Trinajstić information content (AvgIpc) is 2.85. The molecule has 0 bridgehead atoms. The Morgan fingerprint density at radius 2 is 2.05 bits per heavy atom. The van der Waals surface area contributed by atoms with Gasteiger partial charge in [-0.15, -0.1) is 0 Å². The lowest BCUT2D eigenvalue weighted by Gasteiger charge is -2.26. The molecule has 2 N–H and O–H groups in total. The summed E-state index contributed by atoms with van der Waals surface area (Å²) < 4.78 is 5.35. The van der Waals surface area contributed by atoms with E-state index in [0.717, 1.165) is 74.0 Å². The minimum atomic E-state index is 0.788. The summed E-state index contributed by atoms with van der Waals surface area (Å²) in [5.41, 5.74) is 2.18. The highest BCUT2D eigenvalue weighted by Gasteiger charge is 2.10. The quantitative estimate of drug-likeness (QED) is 0.806. The van der Waals surface area contributed by atoms with Gasteiger partial charge in [0.05, 0.1) is 18.2 Å². The van der Waals surface area contributed by atoms with Crippen molar-refractivity contribution in [3.05, 3.63) is 35.0 Å². The summed E-state index contributed by atoms with van der Waals surface area (Å²) in [6.45, 7) is 6.80. The normalized spacial score (nSPS) is 16.6. The zero-order valence-electron chi connectivity index (χ0n) is 12.2. The molecule has 0 unspecified atom stereocenters. The van der Waals surface area contributed by atoms with E-state index in [1.54, 1.807) is 0 Å². The van der Waals surface area contributed by atoms with Crippen molar-refractivity contribution in [2.75, 3.05) is 39.4 Å². The van der Waals surface area contributed by atoms with Gasteiger partial charge in [-0.3, -0.25) is 4.90 Å². The van der Waals surface area contributed by atoms with Crippen molar-refractivity contribution in [3.63, 3.8) is 0 Å². The van der Waals surface area contributed by atoms with Gasteiger partial charge >= 0.3 is 0 Å². The van der Waals surface area contributed by atoms with Gasteiger partial charge in [0.2, 0.25) is 0 Å². The van der Waals surface area contributed by atoms with Crippen molar-refractivity contribution < 1.29 is 4.74 Å². The fourth-order valence-corrected chi connectivity index (χ4v) is 3.03. The van der Waals surface area contributed by atoms with Crippen LogP contribution in [0.4, 0.5) is 0 Å². The van der Waals surface area contributed by atoms with Gasteiger partial charge in [-0.25, -0.2) is 0 Å². The average molecular weight is 308 g/mol. The van der Waals surface area contributed by atoms with Gasteiger partial charge in [0.15, 0.2) is 0 Å². The number of benzene rings is 1. The largest absolute Gasteiger partial charge is 0.379 e. The molecule has 114 valence electrons. The summed E-state index contributed by atoms with van der Waals surface area (Å²) in [5, 5.41) is 5.41. The fraction of sp³-hybridized carbons (Fsp3) is 0.500. The minimum Gasteiger partial charge on any atom is -0.379 e. The smallest absolute Gasteiger partial charge is 0.0705 e. The number of halogens is 1. The van der Waals surface area contributed by atoms with Gasteiger partial charge < -0.3 is 15.0 Å². The number of fused-ring (bicyclic) bond motifs is 1. The summed E-state index contributed by atoms with van der Waals surface area (Å²) in [6, 6.07) is 8.15. The third-order valence-corrected chi connectivity index (χ3v) is 4.38. The van der Waals surface area contributed by atoms with Crippen molar-refractivity contribution in [3.8, 4) is 0 Å². The minimum absolute atomic E-state index is 0.788. The molecular formula is C16H22ClN3O. The SMILES string of the molecule is Clc1c(CNCCCN2CCOCC2)[nH]c2ccccc12. The van der Waals surface area contributed by atoms with E-state index in [9.17, 15) is 0 Å².